The first-order valence-corrected chi connectivity index (χ1v) is 11.8. The number of aromatic hydroxyl groups is 2. The largest absolute Gasteiger partial charge is 0.508 e. The fourth-order valence-electron chi connectivity index (χ4n) is 6.51. The van der Waals surface area contributed by atoms with Crippen LogP contribution >= 0.6 is 0 Å². The molecule has 2 aliphatic heterocycles. The first kappa shape index (κ1) is 23.6. The van der Waals surface area contributed by atoms with Crippen LogP contribution in [-0.2, 0) is 27.8 Å². The molecule has 2 aliphatic carbocycles. The van der Waals surface area contributed by atoms with E-state index in [0.717, 1.165) is 29.7 Å². The molecule has 0 amide bonds. The molecule has 2 bridgehead atoms. The number of hydrogen-bond acceptors (Lipinski definition) is 8. The van der Waals surface area contributed by atoms with Crippen molar-refractivity contribution >= 4 is 11.8 Å². The van der Waals surface area contributed by atoms with Gasteiger partial charge in [-0.05, 0) is 68.6 Å². The highest BCUT2D eigenvalue weighted by atomic mass is 16.5. The number of carbonyl (C=O) groups is 2. The van der Waals surface area contributed by atoms with Gasteiger partial charge in [0.25, 0.3) is 0 Å². The molecule has 6 rings (SSSR count). The van der Waals surface area contributed by atoms with Crippen LogP contribution in [0, 0.1) is 0 Å². The molecule has 186 valence electrons. The average molecular weight is 483 g/mol. The number of phenols is 2. The number of hydrogen-bond donors (Lipinski definition) is 5. The number of likely N-dealkylation sites (N-methyl/N-ethyl adjacent to an activating group) is 1. The molecular formula is C26H30N2O7. The predicted molar refractivity (Wildman–Crippen MR) is 126 cm³/mol. The number of aliphatic carboxylic acids is 1. The van der Waals surface area contributed by atoms with E-state index < -0.39 is 29.1 Å². The Morgan fingerprint density at radius 1 is 1.20 bits per heavy atom. The Labute approximate surface area is 202 Å². The number of ketones is 1. The van der Waals surface area contributed by atoms with Crippen LogP contribution in [0.25, 0.3) is 0 Å². The Kier molecular flexibility index (Phi) is 5.54. The van der Waals surface area contributed by atoms with E-state index >= 15 is 0 Å². The van der Waals surface area contributed by atoms with Gasteiger partial charge >= 0.3 is 5.97 Å². The van der Waals surface area contributed by atoms with Crippen molar-refractivity contribution in [2.75, 3.05) is 13.6 Å². The smallest absolute Gasteiger partial charge is 0.320 e. The highest BCUT2D eigenvalue weighted by Gasteiger charge is 2.72. The van der Waals surface area contributed by atoms with E-state index in [1.807, 2.05) is 13.1 Å². The fourth-order valence-corrected chi connectivity index (χ4v) is 6.51. The van der Waals surface area contributed by atoms with Gasteiger partial charge in [-0.3, -0.25) is 9.59 Å². The van der Waals surface area contributed by atoms with Crippen LogP contribution in [-0.4, -0.2) is 74.5 Å². The first-order chi connectivity index (χ1) is 16.6. The average Bonchev–Trinajstić information content (AvgIpc) is 3.18. The molecular weight excluding hydrogens is 452 g/mol. The lowest BCUT2D eigenvalue weighted by molar-refractivity contribution is -0.185. The maximum Gasteiger partial charge on any atom is 0.320 e. The van der Waals surface area contributed by atoms with Crippen LogP contribution in [0.1, 0.15) is 36.0 Å². The van der Waals surface area contributed by atoms with Gasteiger partial charge in [-0.1, -0.05) is 18.2 Å². The van der Waals surface area contributed by atoms with Crippen molar-refractivity contribution in [3.63, 3.8) is 0 Å². The number of aliphatic hydroxyl groups is 1. The second-order valence-corrected chi connectivity index (χ2v) is 10.1. The number of carboxylic acids is 1. The van der Waals surface area contributed by atoms with Crippen LogP contribution in [0.2, 0.25) is 0 Å². The topological polar surface area (TPSA) is 154 Å². The van der Waals surface area contributed by atoms with Crippen molar-refractivity contribution in [3.05, 3.63) is 53.1 Å². The van der Waals surface area contributed by atoms with Gasteiger partial charge in [-0.15, -0.1) is 0 Å². The second kappa shape index (κ2) is 8.22. The van der Waals surface area contributed by atoms with Gasteiger partial charge in [0.2, 0.25) is 0 Å². The minimum atomic E-state index is -1.02. The van der Waals surface area contributed by atoms with Gasteiger partial charge in [-0.25, -0.2) is 0 Å². The van der Waals surface area contributed by atoms with Crippen molar-refractivity contribution < 1.29 is 34.8 Å². The van der Waals surface area contributed by atoms with E-state index in [4.69, 9.17) is 20.7 Å². The van der Waals surface area contributed by atoms with E-state index in [2.05, 4.69) is 4.90 Å². The summed E-state index contributed by atoms with van der Waals surface area (Å²) in [4.78, 5) is 25.1. The molecule has 2 heterocycles. The summed E-state index contributed by atoms with van der Waals surface area (Å²) in [6.45, 7) is 0.828. The summed E-state index contributed by atoms with van der Waals surface area (Å²) in [7, 11) is 2.04. The summed E-state index contributed by atoms with van der Waals surface area (Å²) in [6.07, 6.45) is 1.88. The number of nitrogens with zero attached hydrogens (tertiary/aromatic N) is 1. The molecule has 0 radical (unpaired) electrons. The number of ether oxygens (including phenoxy) is 1. The quantitative estimate of drug-likeness (QED) is 0.433. The zero-order valence-corrected chi connectivity index (χ0v) is 19.5. The zero-order valence-electron chi connectivity index (χ0n) is 19.5. The summed E-state index contributed by atoms with van der Waals surface area (Å²) in [5.41, 5.74) is 6.49. The number of benzene rings is 2. The maximum absolute atomic E-state index is 12.5. The zero-order chi connectivity index (χ0) is 25.1. The van der Waals surface area contributed by atoms with Crippen LogP contribution in [0.5, 0.6) is 17.2 Å². The van der Waals surface area contributed by atoms with Gasteiger partial charge in [0.05, 0.1) is 11.0 Å². The lowest BCUT2D eigenvalue weighted by atomic mass is 9.49. The highest BCUT2D eigenvalue weighted by molar-refractivity contribution is 5.90. The minimum absolute atomic E-state index is 0.00319. The van der Waals surface area contributed by atoms with E-state index in [-0.39, 0.29) is 29.7 Å². The molecule has 1 saturated carbocycles. The standard InChI is InChI=1S/C17H19NO4.C9H11NO3/c1-18-7-6-16-13-9-2-3-10(19)14(13)22-15(16)11(20)4-5-17(16,21)12(18)8-9;10-8(9(12)13)5-6-1-3-7(11)4-2-6/h2-3,12,15,19,21H,4-8H2,1H3;1-4,8,11H,5,10H2,(H,12,13)/t12-,15+,16+,17-;/m1./s1. The van der Waals surface area contributed by atoms with E-state index in [9.17, 15) is 19.8 Å². The number of carboxylic acid groups (broad SMARTS) is 1. The predicted octanol–water partition coefficient (Wildman–Crippen LogP) is 1.09. The number of rotatable bonds is 3. The molecule has 2 aromatic carbocycles. The molecule has 1 unspecified atom stereocenters. The summed E-state index contributed by atoms with van der Waals surface area (Å²) in [5, 5.41) is 39.3. The molecule has 1 spiro atoms. The number of piperidine rings is 1. The third-order valence-corrected chi connectivity index (χ3v) is 8.23. The van der Waals surface area contributed by atoms with Crippen LogP contribution in [0.3, 0.4) is 0 Å². The molecule has 4 aliphatic rings. The highest BCUT2D eigenvalue weighted by Crippen LogP contribution is 2.64. The monoisotopic (exact) mass is 482 g/mol. The number of carbonyl (C=O) groups excluding carboxylic acids is 1. The molecule has 9 heteroatoms. The lowest BCUT2D eigenvalue weighted by Gasteiger charge is -2.61. The Balaban J connectivity index is 0.000000168. The molecule has 6 N–H and O–H groups in total. The number of phenolic OH excluding ortho intramolecular Hbond substituents is 2. The summed E-state index contributed by atoms with van der Waals surface area (Å²) >= 11 is 0. The van der Waals surface area contributed by atoms with Crippen molar-refractivity contribution in [2.45, 2.75) is 61.3 Å². The third kappa shape index (κ3) is 3.41. The van der Waals surface area contributed by atoms with Gasteiger partial charge in [0, 0.05) is 18.0 Å². The van der Waals surface area contributed by atoms with Crippen LogP contribution in [0.4, 0.5) is 0 Å². The molecule has 1 saturated heterocycles. The summed E-state index contributed by atoms with van der Waals surface area (Å²) in [6, 6.07) is 9.00. The Morgan fingerprint density at radius 2 is 1.91 bits per heavy atom. The SMILES string of the molecule is CN1CC[C@]23c4c5ccc(O)c4O[C@H]2C(=O)CC[C@@]3(O)[C@H]1C5.NC(Cc1ccc(O)cc1)C(=O)O. The maximum atomic E-state index is 12.5. The normalized spacial score (nSPS) is 31.0. The number of likely N-dealkylation sites (tertiary alicyclic amines) is 1. The fraction of sp³-hybridized carbons (Fsp3) is 0.462. The summed E-state index contributed by atoms with van der Waals surface area (Å²) < 4.78 is 5.94. The molecule has 9 nitrogen and oxygen atoms in total. The lowest BCUT2D eigenvalue weighted by Crippen LogP contribution is -2.76. The van der Waals surface area contributed by atoms with E-state index in [1.54, 1.807) is 18.2 Å². The molecule has 5 atom stereocenters. The minimum Gasteiger partial charge on any atom is -0.508 e. The molecule has 35 heavy (non-hydrogen) atoms. The van der Waals surface area contributed by atoms with Gasteiger partial charge < -0.3 is 35.8 Å². The Bertz CT molecular complexity index is 1180. The molecule has 2 aromatic rings. The molecule has 0 aromatic heterocycles. The van der Waals surface area contributed by atoms with Gasteiger partial charge in [0.1, 0.15) is 11.8 Å². The summed E-state index contributed by atoms with van der Waals surface area (Å²) in [5.74, 6) is -0.300. The van der Waals surface area contributed by atoms with Crippen LogP contribution in [0.15, 0.2) is 36.4 Å². The number of Topliss-reactive ketones (excluding diaryl/α,β-unsaturated/α-hetero) is 1. The molecule has 2 fully saturated rings. The number of nitrogens with two attached hydrogens (primary N) is 1. The first-order valence-electron chi connectivity index (χ1n) is 11.8. The van der Waals surface area contributed by atoms with Gasteiger partial charge in [-0.2, -0.15) is 0 Å². The van der Waals surface area contributed by atoms with E-state index in [1.165, 1.54) is 12.1 Å². The second-order valence-electron chi connectivity index (χ2n) is 10.1. The third-order valence-electron chi connectivity index (χ3n) is 8.23. The van der Waals surface area contributed by atoms with Crippen molar-refractivity contribution in [2.24, 2.45) is 5.73 Å². The van der Waals surface area contributed by atoms with Crippen molar-refractivity contribution in [3.8, 4) is 17.2 Å². The Hall–Kier alpha value is -3.14. The van der Waals surface area contributed by atoms with Gasteiger partial charge in [0.15, 0.2) is 23.4 Å². The van der Waals surface area contributed by atoms with E-state index in [0.29, 0.717) is 25.0 Å². The van der Waals surface area contributed by atoms with Crippen LogP contribution < -0.4 is 10.5 Å². The van der Waals surface area contributed by atoms with Crippen molar-refractivity contribution in [1.82, 2.24) is 4.90 Å². The Morgan fingerprint density at radius 3 is 2.60 bits per heavy atom. The van der Waals surface area contributed by atoms with Crippen molar-refractivity contribution in [1.29, 1.82) is 0 Å².